The van der Waals surface area contributed by atoms with E-state index in [1.54, 1.807) is 7.11 Å². The Morgan fingerprint density at radius 3 is 2.46 bits per heavy atom. The van der Waals surface area contributed by atoms with Crippen molar-refractivity contribution in [2.24, 2.45) is 5.41 Å². The van der Waals surface area contributed by atoms with Crippen LogP contribution in [0.4, 0.5) is 0 Å². The summed E-state index contributed by atoms with van der Waals surface area (Å²) in [5.74, 6) is -0.128. The van der Waals surface area contributed by atoms with Crippen LogP contribution in [0.2, 0.25) is 0 Å². The van der Waals surface area contributed by atoms with Gasteiger partial charge in [0.05, 0.1) is 18.4 Å². The van der Waals surface area contributed by atoms with Crippen molar-refractivity contribution in [2.75, 3.05) is 7.11 Å². The Morgan fingerprint density at radius 1 is 1.00 bits per heavy atom. The van der Waals surface area contributed by atoms with E-state index < -0.39 is 22.3 Å². The SMILES string of the molecule is COc1cccc2c1[C@@]1(C)C3C(=O)OC(C)(c4ccccc43)[C@@]1(C)C2=O. The summed E-state index contributed by atoms with van der Waals surface area (Å²) in [5, 5.41) is 0. The number of carbonyl (C=O) groups is 2. The second-order valence-electron chi connectivity index (χ2n) is 8.01. The van der Waals surface area contributed by atoms with Crippen LogP contribution in [0.5, 0.6) is 5.75 Å². The van der Waals surface area contributed by atoms with Crippen LogP contribution >= 0.6 is 0 Å². The monoisotopic (exact) mass is 348 g/mol. The molecule has 6 rings (SSSR count). The highest BCUT2D eigenvalue weighted by molar-refractivity contribution is 6.11. The third kappa shape index (κ3) is 1.28. The zero-order chi connectivity index (χ0) is 18.5. The van der Waals surface area contributed by atoms with Crippen LogP contribution in [0.1, 0.15) is 53.7 Å². The van der Waals surface area contributed by atoms with E-state index in [-0.39, 0.29) is 11.8 Å². The molecule has 2 aromatic carbocycles. The average molecular weight is 348 g/mol. The van der Waals surface area contributed by atoms with Gasteiger partial charge in [-0.25, -0.2) is 0 Å². The topological polar surface area (TPSA) is 52.6 Å². The van der Waals surface area contributed by atoms with Crippen molar-refractivity contribution in [1.29, 1.82) is 0 Å². The molecule has 0 aromatic heterocycles. The van der Waals surface area contributed by atoms with E-state index in [1.807, 2.05) is 63.2 Å². The van der Waals surface area contributed by atoms with Gasteiger partial charge >= 0.3 is 5.97 Å². The largest absolute Gasteiger partial charge is 0.496 e. The fraction of sp³-hybridized carbons (Fsp3) is 0.364. The van der Waals surface area contributed by atoms with Crippen LogP contribution in [0.15, 0.2) is 42.5 Å². The summed E-state index contributed by atoms with van der Waals surface area (Å²) < 4.78 is 11.6. The molecule has 4 nitrogen and oxygen atoms in total. The molecule has 132 valence electrons. The van der Waals surface area contributed by atoms with Crippen molar-refractivity contribution in [2.45, 2.75) is 37.7 Å². The molecule has 0 N–H and O–H groups in total. The lowest BCUT2D eigenvalue weighted by molar-refractivity contribution is -0.207. The number of hydrogen-bond acceptors (Lipinski definition) is 4. The number of ether oxygens (including phenoxy) is 2. The standard InChI is InChI=1S/C22H20O4/c1-20-16-13(9-7-11-15(16)25-4)18(23)21(20,2)22(3)14-10-6-5-8-12(14)17(20)19(24)26-22/h5-11,17H,1-4H3/t17?,20-,21-,22?/m0/s1. The lowest BCUT2D eigenvalue weighted by Gasteiger charge is -2.62. The van der Waals surface area contributed by atoms with Crippen LogP contribution in [0.3, 0.4) is 0 Å². The summed E-state index contributed by atoms with van der Waals surface area (Å²) in [6.07, 6.45) is 0. The van der Waals surface area contributed by atoms with Gasteiger partial charge in [-0.3, -0.25) is 9.59 Å². The molecule has 2 unspecified atom stereocenters. The number of rotatable bonds is 1. The van der Waals surface area contributed by atoms with Crippen LogP contribution in [0.25, 0.3) is 0 Å². The van der Waals surface area contributed by atoms with Gasteiger partial charge in [0.15, 0.2) is 5.78 Å². The fourth-order valence-corrected chi connectivity index (χ4v) is 5.87. The number of benzene rings is 2. The van der Waals surface area contributed by atoms with Crippen molar-refractivity contribution in [3.8, 4) is 5.75 Å². The number of hydrogen-bond donors (Lipinski definition) is 0. The molecule has 4 heteroatoms. The third-order valence-electron chi connectivity index (χ3n) is 7.36. The Kier molecular flexibility index (Phi) is 2.63. The van der Waals surface area contributed by atoms with E-state index in [4.69, 9.17) is 9.47 Å². The molecule has 2 bridgehead atoms. The average Bonchev–Trinajstić information content (AvgIpc) is 2.82. The van der Waals surface area contributed by atoms with Crippen LogP contribution in [0, 0.1) is 5.41 Å². The molecule has 2 aromatic rings. The van der Waals surface area contributed by atoms with Gasteiger partial charge in [0, 0.05) is 22.1 Å². The van der Waals surface area contributed by atoms with E-state index in [0.29, 0.717) is 11.3 Å². The summed E-state index contributed by atoms with van der Waals surface area (Å²) in [6, 6.07) is 13.4. The summed E-state index contributed by atoms with van der Waals surface area (Å²) in [4.78, 5) is 26.7. The first-order valence-corrected chi connectivity index (χ1v) is 8.87. The van der Waals surface area contributed by atoms with Gasteiger partial charge in [-0.15, -0.1) is 0 Å². The Balaban J connectivity index is 1.97. The highest BCUT2D eigenvalue weighted by Gasteiger charge is 2.78. The number of Topliss-reactive ketones (excluding diaryl/α,β-unsaturated/α-hetero) is 1. The predicted octanol–water partition coefficient (Wildman–Crippen LogP) is 3.72. The minimum absolute atomic E-state index is 0.0170. The van der Waals surface area contributed by atoms with E-state index in [1.165, 1.54) is 0 Å². The van der Waals surface area contributed by atoms with E-state index in [0.717, 1.165) is 16.7 Å². The molecule has 0 spiro atoms. The first-order chi connectivity index (χ1) is 12.3. The highest BCUT2D eigenvalue weighted by atomic mass is 16.6. The highest BCUT2D eigenvalue weighted by Crippen LogP contribution is 2.73. The number of methoxy groups -OCH3 is 1. The summed E-state index contributed by atoms with van der Waals surface area (Å²) in [5.41, 5.74) is 0.705. The molecule has 2 aliphatic heterocycles. The quantitative estimate of drug-likeness (QED) is 0.737. The van der Waals surface area contributed by atoms with E-state index >= 15 is 0 Å². The second-order valence-corrected chi connectivity index (χ2v) is 8.01. The lowest BCUT2D eigenvalue weighted by Crippen LogP contribution is -2.68. The van der Waals surface area contributed by atoms with Crippen molar-refractivity contribution in [1.82, 2.24) is 0 Å². The zero-order valence-electron chi connectivity index (χ0n) is 15.3. The molecular formula is C22H20O4. The number of ketones is 1. The smallest absolute Gasteiger partial charge is 0.315 e. The third-order valence-corrected chi connectivity index (χ3v) is 7.36. The van der Waals surface area contributed by atoms with Crippen molar-refractivity contribution >= 4 is 11.8 Å². The molecule has 0 saturated carbocycles. The molecule has 2 aliphatic carbocycles. The van der Waals surface area contributed by atoms with Gasteiger partial charge in [-0.05, 0) is 25.5 Å². The summed E-state index contributed by atoms with van der Waals surface area (Å²) >= 11 is 0. The molecule has 0 radical (unpaired) electrons. The Morgan fingerprint density at radius 2 is 1.73 bits per heavy atom. The Labute approximate surface area is 152 Å². The minimum Gasteiger partial charge on any atom is -0.496 e. The maximum absolute atomic E-state index is 13.7. The van der Waals surface area contributed by atoms with Crippen LogP contribution < -0.4 is 4.74 Å². The first-order valence-electron chi connectivity index (χ1n) is 8.87. The fourth-order valence-electron chi connectivity index (χ4n) is 5.87. The first kappa shape index (κ1) is 15.6. The minimum atomic E-state index is -1.02. The van der Waals surface area contributed by atoms with Gasteiger partial charge < -0.3 is 9.47 Å². The van der Waals surface area contributed by atoms with E-state index in [2.05, 4.69) is 0 Å². The van der Waals surface area contributed by atoms with E-state index in [9.17, 15) is 9.59 Å². The predicted molar refractivity (Wildman–Crippen MR) is 95.4 cm³/mol. The van der Waals surface area contributed by atoms with Gasteiger partial charge in [0.25, 0.3) is 0 Å². The molecule has 1 saturated heterocycles. The van der Waals surface area contributed by atoms with Gasteiger partial charge in [-0.2, -0.15) is 0 Å². The number of esters is 1. The molecule has 1 fully saturated rings. The van der Waals surface area contributed by atoms with Crippen LogP contribution in [-0.4, -0.2) is 18.9 Å². The molecule has 4 aliphatic rings. The van der Waals surface area contributed by atoms with Gasteiger partial charge in [0.1, 0.15) is 11.4 Å². The molecule has 2 heterocycles. The Hall–Kier alpha value is -2.62. The second kappa shape index (κ2) is 4.37. The molecular weight excluding hydrogens is 328 g/mol. The van der Waals surface area contributed by atoms with Crippen molar-refractivity contribution in [3.05, 3.63) is 64.7 Å². The lowest BCUT2D eigenvalue weighted by atomic mass is 9.44. The van der Waals surface area contributed by atoms with Gasteiger partial charge in [0.2, 0.25) is 0 Å². The van der Waals surface area contributed by atoms with Crippen molar-refractivity contribution < 1.29 is 19.1 Å². The summed E-state index contributed by atoms with van der Waals surface area (Å²) in [6.45, 7) is 5.86. The molecule has 0 amide bonds. The molecule has 26 heavy (non-hydrogen) atoms. The number of fused-ring (bicyclic) bond motifs is 2. The van der Waals surface area contributed by atoms with Crippen LogP contribution in [-0.2, 0) is 20.5 Å². The maximum atomic E-state index is 13.7. The Bertz CT molecular complexity index is 1010. The van der Waals surface area contributed by atoms with Crippen molar-refractivity contribution in [3.63, 3.8) is 0 Å². The number of carbonyl (C=O) groups excluding carboxylic acids is 2. The molecule has 4 atom stereocenters. The van der Waals surface area contributed by atoms with Gasteiger partial charge in [-0.1, -0.05) is 43.3 Å². The summed E-state index contributed by atoms with van der Waals surface area (Å²) in [7, 11) is 1.61. The maximum Gasteiger partial charge on any atom is 0.315 e. The normalized spacial score (nSPS) is 36.2. The zero-order valence-corrected chi connectivity index (χ0v) is 15.3.